The third-order valence-corrected chi connectivity index (χ3v) is 3.43. The molecule has 84 valence electrons. The maximum Gasteiger partial charge on any atom is 0.0132 e. The van der Waals surface area contributed by atoms with Crippen molar-refractivity contribution in [1.29, 1.82) is 0 Å². The standard InChI is InChI=1S/C12H24BrN/c1-10(13)9-11(2)14-12-7-5-3-4-6-8-12/h10-12,14H,3-9H2,1-2H3. The third-order valence-electron chi connectivity index (χ3n) is 3.05. The van der Waals surface area contributed by atoms with E-state index in [1.165, 1.54) is 44.9 Å². The Morgan fingerprint density at radius 2 is 1.71 bits per heavy atom. The largest absolute Gasteiger partial charge is 0.311 e. The molecule has 1 rings (SSSR count). The van der Waals surface area contributed by atoms with Gasteiger partial charge in [-0.2, -0.15) is 0 Å². The Bertz CT molecular complexity index is 139. The maximum absolute atomic E-state index is 3.76. The van der Waals surface area contributed by atoms with Crippen LogP contribution >= 0.6 is 15.9 Å². The van der Waals surface area contributed by atoms with Gasteiger partial charge < -0.3 is 5.32 Å². The van der Waals surface area contributed by atoms with Crippen LogP contribution in [-0.4, -0.2) is 16.9 Å². The van der Waals surface area contributed by atoms with Crippen LogP contribution in [0.1, 0.15) is 58.8 Å². The van der Waals surface area contributed by atoms with Crippen LogP contribution in [0.25, 0.3) is 0 Å². The van der Waals surface area contributed by atoms with E-state index in [2.05, 4.69) is 35.1 Å². The molecule has 0 aromatic heterocycles. The van der Waals surface area contributed by atoms with Gasteiger partial charge in [-0.15, -0.1) is 0 Å². The number of nitrogens with one attached hydrogen (secondary N) is 1. The Balaban J connectivity index is 2.20. The van der Waals surface area contributed by atoms with Gasteiger partial charge in [-0.3, -0.25) is 0 Å². The zero-order valence-electron chi connectivity index (χ0n) is 9.56. The minimum atomic E-state index is 0.635. The summed E-state index contributed by atoms with van der Waals surface area (Å²) >= 11 is 3.62. The molecule has 14 heavy (non-hydrogen) atoms. The molecule has 0 heterocycles. The lowest BCUT2D eigenvalue weighted by molar-refractivity contribution is 0.395. The van der Waals surface area contributed by atoms with Crippen LogP contribution in [0.2, 0.25) is 0 Å². The first-order chi connectivity index (χ1) is 6.68. The van der Waals surface area contributed by atoms with Gasteiger partial charge in [0.15, 0.2) is 0 Å². The molecule has 2 unspecified atom stereocenters. The van der Waals surface area contributed by atoms with Gasteiger partial charge in [0.25, 0.3) is 0 Å². The van der Waals surface area contributed by atoms with E-state index in [1.807, 2.05) is 0 Å². The van der Waals surface area contributed by atoms with Gasteiger partial charge in [0.05, 0.1) is 0 Å². The third kappa shape index (κ3) is 5.35. The molecule has 0 bridgehead atoms. The summed E-state index contributed by atoms with van der Waals surface area (Å²) in [6.07, 6.45) is 9.75. The second-order valence-corrected chi connectivity index (χ2v) is 6.34. The highest BCUT2D eigenvalue weighted by atomic mass is 79.9. The summed E-state index contributed by atoms with van der Waals surface area (Å²) in [5.41, 5.74) is 0. The zero-order valence-corrected chi connectivity index (χ0v) is 11.1. The van der Waals surface area contributed by atoms with Gasteiger partial charge >= 0.3 is 0 Å². The summed E-state index contributed by atoms with van der Waals surface area (Å²) in [4.78, 5) is 0.635. The Hall–Kier alpha value is 0.440. The van der Waals surface area contributed by atoms with Crippen LogP contribution in [0.15, 0.2) is 0 Å². The molecule has 0 aliphatic heterocycles. The molecule has 1 aliphatic rings. The Kier molecular flexibility index (Phi) is 6.11. The van der Waals surface area contributed by atoms with Crippen molar-refractivity contribution >= 4 is 15.9 Å². The van der Waals surface area contributed by atoms with Crippen LogP contribution < -0.4 is 5.32 Å². The summed E-state index contributed by atoms with van der Waals surface area (Å²) in [7, 11) is 0. The van der Waals surface area contributed by atoms with Gasteiger partial charge in [-0.1, -0.05) is 48.5 Å². The minimum Gasteiger partial charge on any atom is -0.311 e. The summed E-state index contributed by atoms with van der Waals surface area (Å²) in [5.74, 6) is 0. The van der Waals surface area contributed by atoms with Crippen LogP contribution in [0, 0.1) is 0 Å². The molecule has 1 saturated carbocycles. The second-order valence-electron chi connectivity index (χ2n) is 4.77. The molecule has 0 aromatic carbocycles. The van der Waals surface area contributed by atoms with Crippen LogP contribution in [0.3, 0.4) is 0 Å². The molecular formula is C12H24BrN. The van der Waals surface area contributed by atoms with Crippen molar-refractivity contribution in [3.05, 3.63) is 0 Å². The smallest absolute Gasteiger partial charge is 0.0132 e. The molecule has 0 spiro atoms. The molecule has 1 aliphatic carbocycles. The average Bonchev–Trinajstić information content (AvgIpc) is 2.31. The highest BCUT2D eigenvalue weighted by Gasteiger charge is 2.14. The fraction of sp³-hybridized carbons (Fsp3) is 1.00. The van der Waals surface area contributed by atoms with Gasteiger partial charge in [0, 0.05) is 16.9 Å². The molecule has 0 aromatic rings. The van der Waals surface area contributed by atoms with E-state index in [-0.39, 0.29) is 0 Å². The number of rotatable bonds is 4. The van der Waals surface area contributed by atoms with Crippen molar-refractivity contribution in [3.63, 3.8) is 0 Å². The molecule has 0 radical (unpaired) electrons. The highest BCUT2D eigenvalue weighted by molar-refractivity contribution is 9.09. The highest BCUT2D eigenvalue weighted by Crippen LogP contribution is 2.18. The van der Waals surface area contributed by atoms with E-state index in [0.717, 1.165) is 6.04 Å². The fourth-order valence-electron chi connectivity index (χ4n) is 2.40. The van der Waals surface area contributed by atoms with E-state index < -0.39 is 0 Å². The number of hydrogen-bond acceptors (Lipinski definition) is 1. The first kappa shape index (κ1) is 12.5. The van der Waals surface area contributed by atoms with E-state index >= 15 is 0 Å². The second kappa shape index (κ2) is 6.84. The summed E-state index contributed by atoms with van der Waals surface area (Å²) < 4.78 is 0. The molecule has 2 heteroatoms. The Morgan fingerprint density at radius 3 is 2.21 bits per heavy atom. The monoisotopic (exact) mass is 261 g/mol. The van der Waals surface area contributed by atoms with Crippen molar-refractivity contribution in [2.24, 2.45) is 0 Å². The molecule has 2 atom stereocenters. The number of halogens is 1. The Labute approximate surface area is 97.2 Å². The SMILES string of the molecule is CC(Br)CC(C)NC1CCCCCC1. The van der Waals surface area contributed by atoms with Gasteiger partial charge in [-0.25, -0.2) is 0 Å². The lowest BCUT2D eigenvalue weighted by Crippen LogP contribution is -2.37. The van der Waals surface area contributed by atoms with E-state index in [1.54, 1.807) is 0 Å². The van der Waals surface area contributed by atoms with Crippen molar-refractivity contribution in [2.75, 3.05) is 0 Å². The lowest BCUT2D eigenvalue weighted by atomic mass is 10.1. The van der Waals surface area contributed by atoms with Crippen LogP contribution in [0.4, 0.5) is 0 Å². The Morgan fingerprint density at radius 1 is 1.14 bits per heavy atom. The first-order valence-corrected chi connectivity index (χ1v) is 7.00. The number of hydrogen-bond donors (Lipinski definition) is 1. The van der Waals surface area contributed by atoms with Crippen LogP contribution in [0.5, 0.6) is 0 Å². The predicted octanol–water partition coefficient (Wildman–Crippen LogP) is 3.86. The topological polar surface area (TPSA) is 12.0 Å². The lowest BCUT2D eigenvalue weighted by Gasteiger charge is -2.22. The van der Waals surface area contributed by atoms with Crippen molar-refractivity contribution in [2.45, 2.75) is 75.7 Å². The maximum atomic E-state index is 3.76. The quantitative estimate of drug-likeness (QED) is 0.599. The molecule has 1 nitrogen and oxygen atoms in total. The fourth-order valence-corrected chi connectivity index (χ4v) is 2.96. The van der Waals surface area contributed by atoms with Crippen LogP contribution in [-0.2, 0) is 0 Å². The van der Waals surface area contributed by atoms with Gasteiger partial charge in [-0.05, 0) is 26.2 Å². The normalized spacial score (nSPS) is 24.2. The van der Waals surface area contributed by atoms with E-state index in [4.69, 9.17) is 0 Å². The first-order valence-electron chi connectivity index (χ1n) is 6.08. The van der Waals surface area contributed by atoms with Crippen molar-refractivity contribution < 1.29 is 0 Å². The summed E-state index contributed by atoms with van der Waals surface area (Å²) in [5, 5.41) is 3.76. The van der Waals surface area contributed by atoms with Crippen molar-refractivity contribution in [1.82, 2.24) is 5.32 Å². The molecule has 0 saturated heterocycles. The minimum absolute atomic E-state index is 0.635. The molecule has 1 N–H and O–H groups in total. The molecular weight excluding hydrogens is 238 g/mol. The molecule has 0 amide bonds. The summed E-state index contributed by atoms with van der Waals surface area (Å²) in [6.45, 7) is 4.54. The van der Waals surface area contributed by atoms with E-state index in [0.29, 0.717) is 10.9 Å². The predicted molar refractivity (Wildman–Crippen MR) is 67.1 cm³/mol. The molecule has 1 fully saturated rings. The van der Waals surface area contributed by atoms with Gasteiger partial charge in [0.1, 0.15) is 0 Å². The number of alkyl halides is 1. The van der Waals surface area contributed by atoms with Gasteiger partial charge in [0.2, 0.25) is 0 Å². The van der Waals surface area contributed by atoms with Crippen molar-refractivity contribution in [3.8, 4) is 0 Å². The summed E-state index contributed by atoms with van der Waals surface area (Å²) in [6, 6.07) is 1.45. The van der Waals surface area contributed by atoms with E-state index in [9.17, 15) is 0 Å². The zero-order chi connectivity index (χ0) is 10.4. The average molecular weight is 262 g/mol.